The highest BCUT2D eigenvalue weighted by Crippen LogP contribution is 2.41. The van der Waals surface area contributed by atoms with Gasteiger partial charge in [-0.15, -0.1) is 10.2 Å². The Labute approximate surface area is 142 Å². The van der Waals surface area contributed by atoms with E-state index in [0.29, 0.717) is 11.8 Å². The third kappa shape index (κ3) is 4.00. The van der Waals surface area contributed by atoms with Crippen molar-refractivity contribution in [1.29, 1.82) is 0 Å². The average Bonchev–Trinajstić information content (AvgIpc) is 3.10. The van der Waals surface area contributed by atoms with Gasteiger partial charge in [-0.25, -0.2) is 0 Å². The van der Waals surface area contributed by atoms with Crippen molar-refractivity contribution in [3.8, 4) is 0 Å². The molecule has 0 bridgehead atoms. The second kappa shape index (κ2) is 7.55. The normalized spacial score (nSPS) is 18.0. The maximum Gasteiger partial charge on any atom is 0.230 e. The summed E-state index contributed by atoms with van der Waals surface area (Å²) in [5.74, 6) is 1.52. The molecule has 3 rings (SSSR count). The maximum atomic E-state index is 12.1. The fourth-order valence-electron chi connectivity index (χ4n) is 3.05. The van der Waals surface area contributed by atoms with Crippen LogP contribution in [0, 0.1) is 0 Å². The Bertz CT molecular complexity index is 533. The van der Waals surface area contributed by atoms with Crippen LogP contribution in [0.2, 0.25) is 0 Å². The first kappa shape index (κ1) is 16.6. The van der Waals surface area contributed by atoms with E-state index < -0.39 is 0 Å². The molecule has 0 aromatic carbocycles. The van der Waals surface area contributed by atoms with Crippen molar-refractivity contribution in [2.45, 2.75) is 69.6 Å². The molecule has 1 amide bonds. The number of thioether (sulfide) groups is 1. The molecule has 6 nitrogen and oxygen atoms in total. The standard InChI is InChI=1S/C16H27N5OS/c1-3-12(4-2)17-14(22)11-23-16-19-18-15(20-9-5-6-10-20)21(16)13-7-8-13/h12-13H,3-11H2,1-2H3,(H,17,22). The van der Waals surface area contributed by atoms with Gasteiger partial charge in [0.25, 0.3) is 0 Å². The molecule has 1 aliphatic carbocycles. The van der Waals surface area contributed by atoms with E-state index in [4.69, 9.17) is 0 Å². The van der Waals surface area contributed by atoms with E-state index in [1.54, 1.807) is 0 Å². The maximum absolute atomic E-state index is 12.1. The van der Waals surface area contributed by atoms with Gasteiger partial charge in [-0.05, 0) is 38.5 Å². The molecule has 2 aliphatic rings. The first-order valence-corrected chi connectivity index (χ1v) is 9.83. The summed E-state index contributed by atoms with van der Waals surface area (Å²) >= 11 is 1.52. The number of carbonyl (C=O) groups excluding carboxylic acids is 1. The first-order chi connectivity index (χ1) is 11.2. The van der Waals surface area contributed by atoms with E-state index in [2.05, 4.69) is 38.8 Å². The van der Waals surface area contributed by atoms with Crippen molar-refractivity contribution in [2.75, 3.05) is 23.7 Å². The van der Waals surface area contributed by atoms with Crippen molar-refractivity contribution >= 4 is 23.6 Å². The number of hydrogen-bond donors (Lipinski definition) is 1. The van der Waals surface area contributed by atoms with Gasteiger partial charge in [-0.1, -0.05) is 25.6 Å². The molecule has 0 radical (unpaired) electrons. The number of nitrogens with one attached hydrogen (secondary N) is 1. The summed E-state index contributed by atoms with van der Waals surface area (Å²) in [6.07, 6.45) is 6.82. The predicted octanol–water partition coefficient (Wildman–Crippen LogP) is 2.61. The van der Waals surface area contributed by atoms with Crippen LogP contribution in [0.5, 0.6) is 0 Å². The Balaban J connectivity index is 1.62. The number of aromatic nitrogens is 3. The highest BCUT2D eigenvalue weighted by molar-refractivity contribution is 7.99. The van der Waals surface area contributed by atoms with Gasteiger partial charge >= 0.3 is 0 Å². The Hall–Kier alpha value is -1.24. The molecule has 1 saturated carbocycles. The van der Waals surface area contributed by atoms with Crippen molar-refractivity contribution < 1.29 is 4.79 Å². The molecule has 2 fully saturated rings. The topological polar surface area (TPSA) is 63.1 Å². The van der Waals surface area contributed by atoms with Crippen LogP contribution in [-0.2, 0) is 4.79 Å². The molecule has 1 aromatic heterocycles. The van der Waals surface area contributed by atoms with Gasteiger partial charge in [0, 0.05) is 25.2 Å². The zero-order valence-electron chi connectivity index (χ0n) is 14.1. The monoisotopic (exact) mass is 337 g/mol. The summed E-state index contributed by atoms with van der Waals surface area (Å²) in [4.78, 5) is 14.4. The molecule has 128 valence electrons. The molecular weight excluding hydrogens is 310 g/mol. The van der Waals surface area contributed by atoms with E-state index in [1.807, 2.05) is 0 Å². The Morgan fingerprint density at radius 2 is 1.96 bits per heavy atom. The average molecular weight is 337 g/mol. The van der Waals surface area contributed by atoms with Gasteiger partial charge in [-0.2, -0.15) is 0 Å². The highest BCUT2D eigenvalue weighted by Gasteiger charge is 2.32. The van der Waals surface area contributed by atoms with Crippen LogP contribution in [0.3, 0.4) is 0 Å². The Kier molecular flexibility index (Phi) is 5.46. The Morgan fingerprint density at radius 3 is 2.57 bits per heavy atom. The highest BCUT2D eigenvalue weighted by atomic mass is 32.2. The van der Waals surface area contributed by atoms with Gasteiger partial charge in [-0.3, -0.25) is 9.36 Å². The number of carbonyl (C=O) groups is 1. The minimum absolute atomic E-state index is 0.0942. The van der Waals surface area contributed by atoms with Gasteiger partial charge in [0.1, 0.15) is 0 Å². The van der Waals surface area contributed by atoms with Crippen LogP contribution in [-0.4, -0.2) is 45.6 Å². The lowest BCUT2D eigenvalue weighted by atomic mass is 10.2. The summed E-state index contributed by atoms with van der Waals surface area (Å²) in [7, 11) is 0. The molecule has 0 atom stereocenters. The number of nitrogens with zero attached hydrogens (tertiary/aromatic N) is 4. The fraction of sp³-hybridized carbons (Fsp3) is 0.812. The third-order valence-corrected chi connectivity index (χ3v) is 5.57. The fourth-order valence-corrected chi connectivity index (χ4v) is 3.86. The lowest BCUT2D eigenvalue weighted by Crippen LogP contribution is -2.35. The molecule has 1 N–H and O–H groups in total. The quantitative estimate of drug-likeness (QED) is 0.739. The van der Waals surface area contributed by atoms with E-state index >= 15 is 0 Å². The summed E-state index contributed by atoms with van der Waals surface area (Å²) in [6, 6.07) is 0.815. The Morgan fingerprint density at radius 1 is 1.26 bits per heavy atom. The van der Waals surface area contributed by atoms with Gasteiger partial charge in [0.05, 0.1) is 5.75 Å². The van der Waals surface area contributed by atoms with E-state index in [-0.39, 0.29) is 11.9 Å². The smallest absolute Gasteiger partial charge is 0.230 e. The SMILES string of the molecule is CCC(CC)NC(=O)CSc1nnc(N2CCCC2)n1C1CC1. The van der Waals surface area contributed by atoms with Crippen molar-refractivity contribution in [3.63, 3.8) is 0 Å². The zero-order chi connectivity index (χ0) is 16.2. The van der Waals surface area contributed by atoms with Crippen molar-refractivity contribution in [3.05, 3.63) is 0 Å². The molecule has 1 saturated heterocycles. The van der Waals surface area contributed by atoms with E-state index in [1.165, 1.54) is 37.4 Å². The summed E-state index contributed by atoms with van der Waals surface area (Å²) in [5.41, 5.74) is 0. The number of anilines is 1. The lowest BCUT2D eigenvalue weighted by molar-refractivity contribution is -0.119. The minimum atomic E-state index is 0.0942. The predicted molar refractivity (Wildman–Crippen MR) is 93.0 cm³/mol. The van der Waals surface area contributed by atoms with Crippen molar-refractivity contribution in [2.24, 2.45) is 0 Å². The van der Waals surface area contributed by atoms with Crippen LogP contribution >= 0.6 is 11.8 Å². The summed E-state index contributed by atoms with van der Waals surface area (Å²) in [5, 5.41) is 12.8. The second-order valence-electron chi connectivity index (χ2n) is 6.45. The third-order valence-electron chi connectivity index (χ3n) is 4.63. The summed E-state index contributed by atoms with van der Waals surface area (Å²) < 4.78 is 2.26. The van der Waals surface area contributed by atoms with Crippen molar-refractivity contribution in [1.82, 2.24) is 20.1 Å². The number of rotatable bonds is 8. The molecule has 1 aromatic rings. The van der Waals surface area contributed by atoms with Crippen LogP contribution in [0.15, 0.2) is 5.16 Å². The van der Waals surface area contributed by atoms with Crippen LogP contribution in [0.4, 0.5) is 5.95 Å². The first-order valence-electron chi connectivity index (χ1n) is 8.85. The van der Waals surface area contributed by atoms with E-state index in [0.717, 1.165) is 37.0 Å². The largest absolute Gasteiger partial charge is 0.353 e. The molecule has 7 heteroatoms. The van der Waals surface area contributed by atoms with Crippen LogP contribution in [0.1, 0.15) is 58.4 Å². The van der Waals surface area contributed by atoms with Gasteiger partial charge in [0.2, 0.25) is 11.9 Å². The lowest BCUT2D eigenvalue weighted by Gasteiger charge is -2.18. The second-order valence-corrected chi connectivity index (χ2v) is 7.39. The number of hydrogen-bond acceptors (Lipinski definition) is 5. The molecule has 0 spiro atoms. The molecule has 2 heterocycles. The van der Waals surface area contributed by atoms with Gasteiger partial charge < -0.3 is 10.2 Å². The number of amides is 1. The molecular formula is C16H27N5OS. The van der Waals surface area contributed by atoms with Crippen LogP contribution in [0.25, 0.3) is 0 Å². The van der Waals surface area contributed by atoms with Gasteiger partial charge in [0.15, 0.2) is 5.16 Å². The van der Waals surface area contributed by atoms with Crippen LogP contribution < -0.4 is 10.2 Å². The molecule has 0 unspecified atom stereocenters. The zero-order valence-corrected chi connectivity index (χ0v) is 14.9. The molecule has 1 aliphatic heterocycles. The molecule has 23 heavy (non-hydrogen) atoms. The minimum Gasteiger partial charge on any atom is -0.353 e. The van der Waals surface area contributed by atoms with E-state index in [9.17, 15) is 4.79 Å². The summed E-state index contributed by atoms with van der Waals surface area (Å²) in [6.45, 7) is 6.36.